The molecule has 1 fully saturated rings. The van der Waals surface area contributed by atoms with E-state index < -0.39 is 6.09 Å². The Morgan fingerprint density at radius 1 is 1.03 bits per heavy atom. The minimum atomic E-state index is -0.885. The Bertz CT molecular complexity index is 1330. The molecule has 0 saturated carbocycles. The number of amides is 1. The van der Waals surface area contributed by atoms with Gasteiger partial charge >= 0.3 is 11.8 Å². The first-order valence-corrected chi connectivity index (χ1v) is 12.9. The average molecular weight is 500 g/mol. The van der Waals surface area contributed by atoms with Crippen LogP contribution in [0.15, 0.2) is 83.8 Å². The summed E-state index contributed by atoms with van der Waals surface area (Å²) >= 11 is 0. The number of nitrogens with zero attached hydrogens (tertiary/aromatic N) is 4. The summed E-state index contributed by atoms with van der Waals surface area (Å²) in [6, 6.07) is 23.9. The number of aromatic nitrogens is 3. The van der Waals surface area contributed by atoms with Crippen LogP contribution in [0.1, 0.15) is 43.0 Å². The van der Waals surface area contributed by atoms with Crippen LogP contribution in [0.2, 0.25) is 0 Å². The van der Waals surface area contributed by atoms with Crippen molar-refractivity contribution >= 4 is 17.1 Å². The first kappa shape index (κ1) is 24.8. The minimum Gasteiger partial charge on any atom is -0.465 e. The molecule has 0 radical (unpaired) electrons. The van der Waals surface area contributed by atoms with E-state index in [9.17, 15) is 14.7 Å². The lowest BCUT2D eigenvalue weighted by Crippen LogP contribution is -2.47. The lowest BCUT2D eigenvalue weighted by Gasteiger charge is -2.38. The zero-order valence-corrected chi connectivity index (χ0v) is 20.9. The van der Waals surface area contributed by atoms with Gasteiger partial charge in [-0.1, -0.05) is 48.5 Å². The summed E-state index contributed by atoms with van der Waals surface area (Å²) in [6.07, 6.45) is 3.79. The van der Waals surface area contributed by atoms with Gasteiger partial charge < -0.3 is 15.0 Å². The van der Waals surface area contributed by atoms with E-state index in [-0.39, 0.29) is 17.8 Å². The molecule has 0 aliphatic carbocycles. The van der Waals surface area contributed by atoms with Crippen LogP contribution in [0, 0.1) is 0 Å². The molecule has 4 aromatic rings. The number of fused-ring (bicyclic) bond motifs is 1. The summed E-state index contributed by atoms with van der Waals surface area (Å²) < 4.78 is 1.82. The summed E-state index contributed by atoms with van der Waals surface area (Å²) in [7, 11) is 0. The van der Waals surface area contributed by atoms with Gasteiger partial charge in [-0.2, -0.15) is 0 Å². The fourth-order valence-corrected chi connectivity index (χ4v) is 5.55. The number of hydrogen-bond acceptors (Lipinski definition) is 4. The number of aromatic amines is 1. The highest BCUT2D eigenvalue weighted by molar-refractivity contribution is 5.75. The molecule has 2 aromatic heterocycles. The Labute approximate surface area is 216 Å². The molecule has 1 amide bonds. The number of rotatable bonds is 9. The second-order valence-corrected chi connectivity index (χ2v) is 9.78. The molecular formula is C29H33N5O3. The fourth-order valence-electron chi connectivity index (χ4n) is 5.55. The quantitative estimate of drug-likeness (QED) is 0.342. The monoisotopic (exact) mass is 499 g/mol. The van der Waals surface area contributed by atoms with Gasteiger partial charge in [0.1, 0.15) is 0 Å². The molecule has 1 aliphatic heterocycles. The molecule has 8 nitrogen and oxygen atoms in total. The van der Waals surface area contributed by atoms with Gasteiger partial charge in [0.15, 0.2) is 0 Å². The summed E-state index contributed by atoms with van der Waals surface area (Å²) in [4.78, 5) is 36.2. The van der Waals surface area contributed by atoms with E-state index in [0.717, 1.165) is 49.2 Å². The smallest absolute Gasteiger partial charge is 0.407 e. The number of nitrogens with one attached hydrogen (secondary N) is 1. The van der Waals surface area contributed by atoms with Gasteiger partial charge in [0, 0.05) is 37.9 Å². The van der Waals surface area contributed by atoms with E-state index in [1.165, 1.54) is 5.56 Å². The number of likely N-dealkylation sites (tertiary alicyclic amines) is 1. The zero-order chi connectivity index (χ0) is 25.6. The van der Waals surface area contributed by atoms with Crippen molar-refractivity contribution in [2.45, 2.75) is 50.9 Å². The number of piperidine rings is 1. The van der Waals surface area contributed by atoms with E-state index in [1.54, 1.807) is 4.90 Å². The van der Waals surface area contributed by atoms with Crippen LogP contribution in [0.25, 0.3) is 11.0 Å². The number of H-pyrrole nitrogens is 1. The summed E-state index contributed by atoms with van der Waals surface area (Å²) in [6.45, 7) is 2.79. The second-order valence-electron chi connectivity index (χ2n) is 9.78. The number of para-hydroxylation sites is 2. The maximum absolute atomic E-state index is 12.8. The van der Waals surface area contributed by atoms with Crippen LogP contribution < -0.4 is 5.69 Å². The molecule has 1 aliphatic rings. The normalized spacial score (nSPS) is 17.9. The molecule has 192 valence electrons. The molecule has 1 saturated heterocycles. The molecule has 0 bridgehead atoms. The topological polar surface area (TPSA) is 94.5 Å². The van der Waals surface area contributed by atoms with Crippen molar-refractivity contribution in [3.8, 4) is 0 Å². The van der Waals surface area contributed by atoms with Crippen molar-refractivity contribution in [2.75, 3.05) is 13.1 Å². The Balaban J connectivity index is 1.28. The van der Waals surface area contributed by atoms with Crippen LogP contribution in [0.4, 0.5) is 4.79 Å². The van der Waals surface area contributed by atoms with Crippen LogP contribution in [-0.4, -0.2) is 54.7 Å². The van der Waals surface area contributed by atoms with Crippen molar-refractivity contribution in [3.05, 3.63) is 101 Å². The van der Waals surface area contributed by atoms with Crippen LogP contribution >= 0.6 is 0 Å². The Morgan fingerprint density at radius 3 is 2.59 bits per heavy atom. The van der Waals surface area contributed by atoms with E-state index in [2.05, 4.69) is 27.0 Å². The summed E-state index contributed by atoms with van der Waals surface area (Å²) in [5, 5.41) is 9.88. The first-order chi connectivity index (χ1) is 18.1. The summed E-state index contributed by atoms with van der Waals surface area (Å²) in [5.41, 5.74) is 3.82. The van der Waals surface area contributed by atoms with Crippen molar-refractivity contribution < 1.29 is 9.90 Å². The zero-order valence-electron chi connectivity index (χ0n) is 20.9. The van der Waals surface area contributed by atoms with Gasteiger partial charge in [-0.05, 0) is 62.1 Å². The van der Waals surface area contributed by atoms with E-state index >= 15 is 0 Å². The highest BCUT2D eigenvalue weighted by Gasteiger charge is 2.33. The maximum Gasteiger partial charge on any atom is 0.407 e. The first-order valence-electron chi connectivity index (χ1n) is 12.9. The molecular weight excluding hydrogens is 466 g/mol. The van der Waals surface area contributed by atoms with Crippen molar-refractivity contribution in [1.82, 2.24) is 24.3 Å². The van der Waals surface area contributed by atoms with Crippen LogP contribution in [0.5, 0.6) is 0 Å². The van der Waals surface area contributed by atoms with Gasteiger partial charge in [-0.3, -0.25) is 14.5 Å². The molecule has 2 atom stereocenters. The minimum absolute atomic E-state index is 0.0295. The fraction of sp³-hybridized carbons (Fsp3) is 0.345. The Hall–Kier alpha value is -3.91. The molecule has 3 heterocycles. The Kier molecular flexibility index (Phi) is 7.65. The van der Waals surface area contributed by atoms with Crippen molar-refractivity contribution in [3.63, 3.8) is 0 Å². The van der Waals surface area contributed by atoms with Gasteiger partial charge in [-0.15, -0.1) is 0 Å². The molecule has 37 heavy (non-hydrogen) atoms. The molecule has 8 heteroatoms. The number of benzene rings is 2. The number of hydrogen-bond donors (Lipinski definition) is 2. The van der Waals surface area contributed by atoms with E-state index in [0.29, 0.717) is 19.4 Å². The largest absolute Gasteiger partial charge is 0.465 e. The molecule has 5 rings (SSSR count). The third-order valence-corrected chi connectivity index (χ3v) is 7.30. The van der Waals surface area contributed by atoms with Gasteiger partial charge in [0.25, 0.3) is 0 Å². The van der Waals surface area contributed by atoms with Gasteiger partial charge in [0.05, 0.1) is 16.7 Å². The lowest BCUT2D eigenvalue weighted by atomic mass is 9.93. The highest BCUT2D eigenvalue weighted by atomic mass is 16.4. The summed E-state index contributed by atoms with van der Waals surface area (Å²) in [5.74, 6) is 0. The molecule has 2 N–H and O–H groups in total. The average Bonchev–Trinajstić information content (AvgIpc) is 3.25. The predicted molar refractivity (Wildman–Crippen MR) is 143 cm³/mol. The SMILES string of the molecule is O=C(O)N1CC[C@H](n2c(=O)[nH]c3ccccc32)C[C@@H]1CCCN(Cc1ccccc1)Cc1ccccn1. The highest BCUT2D eigenvalue weighted by Crippen LogP contribution is 2.31. The number of pyridine rings is 1. The predicted octanol–water partition coefficient (Wildman–Crippen LogP) is 4.89. The standard InChI is InChI=1S/C29H33N5O3/c35-28-31-26-13-4-5-14-27(26)34(28)25-15-18-33(29(36)37)24(19-25)12-8-17-32(20-22-9-2-1-3-10-22)21-23-11-6-7-16-30-23/h1-7,9-11,13-14,16,24-25H,8,12,15,17-21H2,(H,31,35)(H,36,37)/t24-,25-/m0/s1. The van der Waals surface area contributed by atoms with Crippen LogP contribution in [0.3, 0.4) is 0 Å². The third-order valence-electron chi connectivity index (χ3n) is 7.30. The number of imidazole rings is 1. The molecule has 0 spiro atoms. The van der Waals surface area contributed by atoms with Gasteiger partial charge in [0.2, 0.25) is 0 Å². The molecule has 0 unspecified atom stereocenters. The lowest BCUT2D eigenvalue weighted by molar-refractivity contribution is 0.0853. The van der Waals surface area contributed by atoms with Crippen molar-refractivity contribution in [2.24, 2.45) is 0 Å². The van der Waals surface area contributed by atoms with Gasteiger partial charge in [-0.25, -0.2) is 9.59 Å². The number of carbonyl (C=O) groups is 1. The van der Waals surface area contributed by atoms with Crippen LogP contribution in [-0.2, 0) is 13.1 Å². The van der Waals surface area contributed by atoms with E-state index in [4.69, 9.17) is 0 Å². The third kappa shape index (κ3) is 5.91. The Morgan fingerprint density at radius 2 is 1.81 bits per heavy atom. The van der Waals surface area contributed by atoms with E-state index in [1.807, 2.05) is 71.4 Å². The van der Waals surface area contributed by atoms with Crippen molar-refractivity contribution in [1.29, 1.82) is 0 Å². The maximum atomic E-state index is 12.8. The number of carboxylic acid groups (broad SMARTS) is 1. The second kappa shape index (κ2) is 11.4. The molecule has 2 aromatic carbocycles.